The summed E-state index contributed by atoms with van der Waals surface area (Å²) in [4.78, 5) is 24.6. The Balaban J connectivity index is 1.42. The molecule has 7 nitrogen and oxygen atoms in total. The van der Waals surface area contributed by atoms with Gasteiger partial charge in [0.25, 0.3) is 0 Å². The first kappa shape index (κ1) is 18.3. The number of aromatic nitrogens is 3. The molecule has 0 saturated carbocycles. The average molecular weight is 362 g/mol. The van der Waals surface area contributed by atoms with Crippen molar-refractivity contribution in [2.24, 2.45) is 0 Å². The maximum Gasteiger partial charge on any atom is 0.224 e. The zero-order valence-electron chi connectivity index (χ0n) is 15.1. The molecule has 1 aromatic carbocycles. The third-order valence-electron chi connectivity index (χ3n) is 3.79. The summed E-state index contributed by atoms with van der Waals surface area (Å²) in [6.45, 7) is 3.10. The SMILES string of the molecule is Cc1cccc(CC(=O)NCCNc2cc(Nc3ccccn3)ncn2)c1. The molecule has 0 fully saturated rings. The van der Waals surface area contributed by atoms with E-state index in [2.05, 4.69) is 30.9 Å². The minimum Gasteiger partial charge on any atom is -0.368 e. The first-order chi connectivity index (χ1) is 13.2. The van der Waals surface area contributed by atoms with Crippen LogP contribution < -0.4 is 16.0 Å². The summed E-state index contributed by atoms with van der Waals surface area (Å²) in [7, 11) is 0. The van der Waals surface area contributed by atoms with Crippen molar-refractivity contribution in [3.05, 3.63) is 72.2 Å². The smallest absolute Gasteiger partial charge is 0.224 e. The molecule has 3 aromatic rings. The number of hydrogen-bond acceptors (Lipinski definition) is 6. The molecule has 3 rings (SSSR count). The van der Waals surface area contributed by atoms with Crippen LogP contribution in [-0.2, 0) is 11.2 Å². The fourth-order valence-corrected chi connectivity index (χ4v) is 2.55. The van der Waals surface area contributed by atoms with Crippen LogP contribution in [0.3, 0.4) is 0 Å². The van der Waals surface area contributed by atoms with Gasteiger partial charge in [0.15, 0.2) is 0 Å². The third kappa shape index (κ3) is 6.07. The Morgan fingerprint density at radius 1 is 0.926 bits per heavy atom. The molecule has 0 aliphatic heterocycles. The van der Waals surface area contributed by atoms with Crippen molar-refractivity contribution in [1.82, 2.24) is 20.3 Å². The van der Waals surface area contributed by atoms with E-state index in [4.69, 9.17) is 0 Å². The molecule has 0 radical (unpaired) electrons. The van der Waals surface area contributed by atoms with Gasteiger partial charge in [0.05, 0.1) is 6.42 Å². The monoisotopic (exact) mass is 362 g/mol. The number of nitrogens with zero attached hydrogens (tertiary/aromatic N) is 3. The predicted molar refractivity (Wildman–Crippen MR) is 106 cm³/mol. The first-order valence-corrected chi connectivity index (χ1v) is 8.75. The third-order valence-corrected chi connectivity index (χ3v) is 3.79. The Hall–Kier alpha value is -3.48. The number of carbonyl (C=O) groups is 1. The van der Waals surface area contributed by atoms with Crippen LogP contribution in [0.4, 0.5) is 17.5 Å². The Labute approximate surface area is 158 Å². The van der Waals surface area contributed by atoms with E-state index in [9.17, 15) is 4.79 Å². The second kappa shape index (κ2) is 9.28. The van der Waals surface area contributed by atoms with E-state index >= 15 is 0 Å². The van der Waals surface area contributed by atoms with E-state index in [0.717, 1.165) is 11.1 Å². The average Bonchev–Trinajstić information content (AvgIpc) is 2.66. The number of rotatable bonds is 8. The fraction of sp³-hybridized carbons (Fsp3) is 0.200. The zero-order valence-corrected chi connectivity index (χ0v) is 15.1. The number of benzene rings is 1. The van der Waals surface area contributed by atoms with Crippen LogP contribution in [0.1, 0.15) is 11.1 Å². The number of pyridine rings is 1. The lowest BCUT2D eigenvalue weighted by atomic mass is 10.1. The maximum atomic E-state index is 12.0. The van der Waals surface area contributed by atoms with Crippen LogP contribution in [0, 0.1) is 6.92 Å². The van der Waals surface area contributed by atoms with E-state index in [0.29, 0.717) is 37.0 Å². The number of hydrogen-bond donors (Lipinski definition) is 3. The molecule has 0 spiro atoms. The summed E-state index contributed by atoms with van der Waals surface area (Å²) >= 11 is 0. The molecule has 1 amide bonds. The maximum absolute atomic E-state index is 12.0. The molecular weight excluding hydrogens is 340 g/mol. The molecule has 0 bridgehead atoms. The molecule has 3 N–H and O–H groups in total. The number of carbonyl (C=O) groups excluding carboxylic acids is 1. The second-order valence-corrected chi connectivity index (χ2v) is 6.07. The molecule has 0 unspecified atom stereocenters. The van der Waals surface area contributed by atoms with Crippen LogP contribution in [-0.4, -0.2) is 33.9 Å². The van der Waals surface area contributed by atoms with Crippen molar-refractivity contribution in [3.8, 4) is 0 Å². The van der Waals surface area contributed by atoms with Crippen molar-refractivity contribution < 1.29 is 4.79 Å². The summed E-state index contributed by atoms with van der Waals surface area (Å²) in [5, 5.41) is 9.19. The Morgan fingerprint density at radius 3 is 2.63 bits per heavy atom. The minimum atomic E-state index is 0.00240. The highest BCUT2D eigenvalue weighted by Crippen LogP contribution is 2.13. The molecule has 7 heteroatoms. The lowest BCUT2D eigenvalue weighted by Crippen LogP contribution is -2.30. The number of nitrogens with one attached hydrogen (secondary N) is 3. The van der Waals surface area contributed by atoms with Gasteiger partial charge in [-0.3, -0.25) is 4.79 Å². The van der Waals surface area contributed by atoms with E-state index in [1.807, 2.05) is 49.4 Å². The molecule has 2 aromatic heterocycles. The molecule has 138 valence electrons. The fourth-order valence-electron chi connectivity index (χ4n) is 2.55. The summed E-state index contributed by atoms with van der Waals surface area (Å²) in [5.41, 5.74) is 2.17. The van der Waals surface area contributed by atoms with Crippen LogP contribution in [0.5, 0.6) is 0 Å². The number of aryl methyl sites for hydroxylation is 1. The Morgan fingerprint density at radius 2 is 1.81 bits per heavy atom. The van der Waals surface area contributed by atoms with Gasteiger partial charge in [-0.15, -0.1) is 0 Å². The van der Waals surface area contributed by atoms with Gasteiger partial charge in [0.2, 0.25) is 5.91 Å². The van der Waals surface area contributed by atoms with Gasteiger partial charge in [-0.05, 0) is 24.6 Å². The highest BCUT2D eigenvalue weighted by Gasteiger charge is 2.04. The summed E-state index contributed by atoms with van der Waals surface area (Å²) in [5.74, 6) is 2.04. The lowest BCUT2D eigenvalue weighted by Gasteiger charge is -2.09. The normalized spacial score (nSPS) is 10.3. The van der Waals surface area contributed by atoms with Gasteiger partial charge >= 0.3 is 0 Å². The molecule has 0 atom stereocenters. The lowest BCUT2D eigenvalue weighted by molar-refractivity contribution is -0.120. The van der Waals surface area contributed by atoms with E-state index < -0.39 is 0 Å². The standard InChI is InChI=1S/C20H22N6O/c1-15-5-4-6-16(11-15)12-20(27)23-10-9-22-18-13-19(25-14-24-18)26-17-7-2-3-8-21-17/h2-8,11,13-14H,9-10,12H2,1H3,(H,23,27)(H2,21,22,24,25,26). The van der Waals surface area contributed by atoms with E-state index in [1.54, 1.807) is 12.3 Å². The van der Waals surface area contributed by atoms with Crippen LogP contribution >= 0.6 is 0 Å². The van der Waals surface area contributed by atoms with E-state index in [1.165, 1.54) is 6.33 Å². The summed E-state index contributed by atoms with van der Waals surface area (Å²) in [6.07, 6.45) is 3.57. The summed E-state index contributed by atoms with van der Waals surface area (Å²) < 4.78 is 0. The van der Waals surface area contributed by atoms with Crippen molar-refractivity contribution in [2.45, 2.75) is 13.3 Å². The number of amides is 1. The zero-order chi connectivity index (χ0) is 18.9. The molecule has 0 aliphatic rings. The molecule has 0 aliphatic carbocycles. The van der Waals surface area contributed by atoms with Crippen LogP contribution in [0.15, 0.2) is 61.1 Å². The second-order valence-electron chi connectivity index (χ2n) is 6.07. The topological polar surface area (TPSA) is 91.8 Å². The first-order valence-electron chi connectivity index (χ1n) is 8.75. The van der Waals surface area contributed by atoms with E-state index in [-0.39, 0.29) is 5.91 Å². The molecule has 27 heavy (non-hydrogen) atoms. The van der Waals surface area contributed by atoms with Gasteiger partial charge in [0, 0.05) is 25.4 Å². The Kier molecular flexibility index (Phi) is 6.30. The van der Waals surface area contributed by atoms with Crippen molar-refractivity contribution in [3.63, 3.8) is 0 Å². The quantitative estimate of drug-likeness (QED) is 0.534. The van der Waals surface area contributed by atoms with Crippen molar-refractivity contribution in [2.75, 3.05) is 23.7 Å². The Bertz CT molecular complexity index is 884. The van der Waals surface area contributed by atoms with Crippen LogP contribution in [0.2, 0.25) is 0 Å². The van der Waals surface area contributed by atoms with Crippen molar-refractivity contribution in [1.29, 1.82) is 0 Å². The molecule has 0 saturated heterocycles. The highest BCUT2D eigenvalue weighted by atomic mass is 16.1. The molecule has 2 heterocycles. The van der Waals surface area contributed by atoms with Gasteiger partial charge in [-0.1, -0.05) is 35.9 Å². The van der Waals surface area contributed by atoms with Gasteiger partial charge in [-0.25, -0.2) is 15.0 Å². The van der Waals surface area contributed by atoms with Gasteiger partial charge in [-0.2, -0.15) is 0 Å². The van der Waals surface area contributed by atoms with Crippen LogP contribution in [0.25, 0.3) is 0 Å². The highest BCUT2D eigenvalue weighted by molar-refractivity contribution is 5.78. The predicted octanol–water partition coefficient (Wildman–Crippen LogP) is 2.69. The van der Waals surface area contributed by atoms with Gasteiger partial charge < -0.3 is 16.0 Å². The largest absolute Gasteiger partial charge is 0.368 e. The number of anilines is 3. The minimum absolute atomic E-state index is 0.00240. The molecular formula is C20H22N6O. The van der Waals surface area contributed by atoms with Crippen molar-refractivity contribution >= 4 is 23.4 Å². The summed E-state index contributed by atoms with van der Waals surface area (Å²) in [6, 6.07) is 15.4. The van der Waals surface area contributed by atoms with Gasteiger partial charge in [0.1, 0.15) is 23.8 Å².